The zero-order valence-corrected chi connectivity index (χ0v) is 6.55. The van der Waals surface area contributed by atoms with Crippen molar-refractivity contribution in [3.05, 3.63) is 6.73 Å². The lowest BCUT2D eigenvalue weighted by Crippen LogP contribution is -2.40. The lowest BCUT2D eigenvalue weighted by molar-refractivity contribution is -0.129. The molecule has 1 aliphatic heterocycles. The molecule has 0 spiro atoms. The number of rotatable bonds is 0. The van der Waals surface area contributed by atoms with Crippen molar-refractivity contribution in [3.63, 3.8) is 0 Å². The molecule has 0 radical (unpaired) electrons. The number of amides is 1. The molecule has 1 aliphatic rings. The molecule has 0 bridgehead atoms. The first-order valence-corrected chi connectivity index (χ1v) is 3.29. The van der Waals surface area contributed by atoms with E-state index in [0.29, 0.717) is 0 Å². The highest BCUT2D eigenvalue weighted by Gasteiger charge is 2.22. The molecule has 0 saturated carbocycles. The highest BCUT2D eigenvalue weighted by molar-refractivity contribution is 5.80. The third kappa shape index (κ3) is 1.29. The molecule has 58 valence electrons. The quantitative estimate of drug-likeness (QED) is 0.467. The number of hydrogen-bond acceptors (Lipinski definition) is 2. The molecule has 0 aromatic rings. The predicted octanol–water partition coefficient (Wildman–Crippen LogP) is 0.763. The van der Waals surface area contributed by atoms with Crippen molar-refractivity contribution >= 4 is 5.91 Å². The lowest BCUT2D eigenvalue weighted by Gasteiger charge is -2.38. The van der Waals surface area contributed by atoms with Gasteiger partial charge < -0.3 is 9.64 Å². The van der Waals surface area contributed by atoms with E-state index < -0.39 is 0 Å². The highest BCUT2D eigenvalue weighted by atomic mass is 16.5. The van der Waals surface area contributed by atoms with Crippen LogP contribution in [0.15, 0.2) is 0 Å². The van der Waals surface area contributed by atoms with Gasteiger partial charge in [-0.05, 0) is 20.8 Å². The van der Waals surface area contributed by atoms with E-state index in [9.17, 15) is 4.79 Å². The van der Waals surface area contributed by atoms with E-state index in [2.05, 4.69) is 0 Å². The van der Waals surface area contributed by atoms with Crippen LogP contribution in [0.25, 0.3) is 0 Å². The van der Waals surface area contributed by atoms with Crippen LogP contribution in [-0.2, 0) is 9.53 Å². The minimum absolute atomic E-state index is 0.0347. The smallest absolute Gasteiger partial charge is 0.218 e. The van der Waals surface area contributed by atoms with E-state index >= 15 is 0 Å². The van der Waals surface area contributed by atoms with Crippen LogP contribution in [0.1, 0.15) is 20.8 Å². The van der Waals surface area contributed by atoms with Crippen LogP contribution in [0.3, 0.4) is 0 Å². The number of carbonyl (C=O) groups is 1. The summed E-state index contributed by atoms with van der Waals surface area (Å²) < 4.78 is 4.85. The SMILES string of the molecule is CC(C)(C)N1[CH-]OCC1=O. The summed E-state index contributed by atoms with van der Waals surface area (Å²) in [5, 5.41) is 0. The molecule has 3 heteroatoms. The molecule has 1 rings (SSSR count). The molecule has 0 N–H and O–H groups in total. The minimum atomic E-state index is -0.145. The van der Waals surface area contributed by atoms with Crippen LogP contribution < -0.4 is 0 Å². The zero-order valence-electron chi connectivity index (χ0n) is 6.55. The van der Waals surface area contributed by atoms with E-state index in [-0.39, 0.29) is 18.1 Å². The average Bonchev–Trinajstić information content (AvgIpc) is 2.11. The number of nitrogens with zero attached hydrogens (tertiary/aromatic N) is 1. The Morgan fingerprint density at radius 1 is 1.60 bits per heavy atom. The molecule has 0 aromatic heterocycles. The monoisotopic (exact) mass is 142 g/mol. The van der Waals surface area contributed by atoms with Crippen molar-refractivity contribution in [3.8, 4) is 0 Å². The van der Waals surface area contributed by atoms with Crippen molar-refractivity contribution in [2.45, 2.75) is 26.3 Å². The summed E-state index contributed by atoms with van der Waals surface area (Å²) >= 11 is 0. The van der Waals surface area contributed by atoms with E-state index in [0.717, 1.165) is 0 Å². The van der Waals surface area contributed by atoms with Gasteiger partial charge in [-0.2, -0.15) is 0 Å². The van der Waals surface area contributed by atoms with E-state index in [1.165, 1.54) is 6.73 Å². The Morgan fingerprint density at radius 3 is 2.40 bits per heavy atom. The summed E-state index contributed by atoms with van der Waals surface area (Å²) in [6, 6.07) is 0. The highest BCUT2D eigenvalue weighted by Crippen LogP contribution is 2.19. The predicted molar refractivity (Wildman–Crippen MR) is 36.9 cm³/mol. The van der Waals surface area contributed by atoms with Gasteiger partial charge in [0.05, 0.1) is 6.61 Å². The fraction of sp³-hybridized carbons (Fsp3) is 0.714. The molecule has 1 heterocycles. The Hall–Kier alpha value is -0.570. The maximum atomic E-state index is 11.0. The summed E-state index contributed by atoms with van der Waals surface area (Å²) in [5.41, 5.74) is -0.145. The standard InChI is InChI=1S/C7H12NO2/c1-7(2,3)8-5-10-4-6(8)9/h5H,4H2,1-3H3/q-1. The van der Waals surface area contributed by atoms with Crippen LogP contribution >= 0.6 is 0 Å². The topological polar surface area (TPSA) is 29.5 Å². The Labute approximate surface area is 61.0 Å². The van der Waals surface area contributed by atoms with Crippen molar-refractivity contribution < 1.29 is 9.53 Å². The second-order valence-corrected chi connectivity index (χ2v) is 3.35. The van der Waals surface area contributed by atoms with Crippen LogP contribution in [0.4, 0.5) is 0 Å². The maximum absolute atomic E-state index is 11.0. The van der Waals surface area contributed by atoms with Gasteiger partial charge in [-0.1, -0.05) is 0 Å². The van der Waals surface area contributed by atoms with Gasteiger partial charge in [0.1, 0.15) is 0 Å². The molecule has 3 nitrogen and oxygen atoms in total. The summed E-state index contributed by atoms with van der Waals surface area (Å²) in [6.45, 7) is 7.59. The fourth-order valence-electron chi connectivity index (χ4n) is 0.844. The Bertz CT molecular complexity index is 148. The van der Waals surface area contributed by atoms with Crippen LogP contribution in [-0.4, -0.2) is 23.0 Å². The van der Waals surface area contributed by atoms with Crippen molar-refractivity contribution in [2.75, 3.05) is 6.61 Å². The summed E-state index contributed by atoms with van der Waals surface area (Å²) in [7, 11) is 0. The van der Waals surface area contributed by atoms with Crippen LogP contribution in [0.2, 0.25) is 0 Å². The first-order valence-electron chi connectivity index (χ1n) is 3.29. The third-order valence-corrected chi connectivity index (χ3v) is 1.38. The Balaban J connectivity index is 2.64. The molecule has 1 fully saturated rings. The Morgan fingerprint density at radius 2 is 2.20 bits per heavy atom. The van der Waals surface area contributed by atoms with Gasteiger partial charge in [0.15, 0.2) is 0 Å². The van der Waals surface area contributed by atoms with Gasteiger partial charge in [-0.25, -0.2) is 0 Å². The largest absolute Gasteiger partial charge is 0.525 e. The van der Waals surface area contributed by atoms with Gasteiger partial charge >= 0.3 is 0 Å². The molecule has 0 atom stereocenters. The molecular weight excluding hydrogens is 130 g/mol. The van der Waals surface area contributed by atoms with Gasteiger partial charge in [0.2, 0.25) is 5.91 Å². The summed E-state index contributed by atoms with van der Waals surface area (Å²) in [5.74, 6) is 0.0347. The molecule has 1 saturated heterocycles. The second kappa shape index (κ2) is 2.23. The van der Waals surface area contributed by atoms with Crippen molar-refractivity contribution in [1.29, 1.82) is 0 Å². The second-order valence-electron chi connectivity index (χ2n) is 3.35. The lowest BCUT2D eigenvalue weighted by atomic mass is 10.1. The van der Waals surface area contributed by atoms with Gasteiger partial charge in [-0.15, -0.1) is 6.73 Å². The molecule has 0 aromatic carbocycles. The van der Waals surface area contributed by atoms with E-state index in [1.807, 2.05) is 20.8 Å². The molecule has 10 heavy (non-hydrogen) atoms. The van der Waals surface area contributed by atoms with Gasteiger partial charge in [0.25, 0.3) is 0 Å². The maximum Gasteiger partial charge on any atom is 0.218 e. The molecular formula is C7H12NO2-. The van der Waals surface area contributed by atoms with Gasteiger partial charge in [0, 0.05) is 5.54 Å². The molecule has 1 amide bonds. The first-order chi connectivity index (χ1) is 4.52. The van der Waals surface area contributed by atoms with Crippen LogP contribution in [0.5, 0.6) is 0 Å². The number of hydrogen-bond donors (Lipinski definition) is 0. The van der Waals surface area contributed by atoms with E-state index in [1.54, 1.807) is 4.90 Å². The number of ether oxygens (including phenoxy) is 1. The summed E-state index contributed by atoms with van der Waals surface area (Å²) in [4.78, 5) is 12.6. The van der Waals surface area contributed by atoms with Crippen molar-refractivity contribution in [2.24, 2.45) is 0 Å². The molecule has 0 unspecified atom stereocenters. The fourth-order valence-corrected chi connectivity index (χ4v) is 0.844. The van der Waals surface area contributed by atoms with Gasteiger partial charge in [-0.3, -0.25) is 4.79 Å². The third-order valence-electron chi connectivity index (χ3n) is 1.38. The van der Waals surface area contributed by atoms with Crippen molar-refractivity contribution in [1.82, 2.24) is 4.90 Å². The molecule has 0 aliphatic carbocycles. The number of carbonyl (C=O) groups excluding carboxylic acids is 1. The normalized spacial score (nSPS) is 20.3. The minimum Gasteiger partial charge on any atom is -0.525 e. The first kappa shape index (κ1) is 7.54. The zero-order chi connectivity index (χ0) is 7.78. The average molecular weight is 142 g/mol. The van der Waals surface area contributed by atoms with Crippen LogP contribution in [0, 0.1) is 6.73 Å². The summed E-state index contributed by atoms with van der Waals surface area (Å²) in [6.07, 6.45) is 0. The van der Waals surface area contributed by atoms with E-state index in [4.69, 9.17) is 4.74 Å². The Kier molecular flexibility index (Phi) is 1.68.